The molecule has 0 aromatic rings. The lowest BCUT2D eigenvalue weighted by molar-refractivity contribution is -0.138. The topological polar surface area (TPSA) is 74.6 Å². The van der Waals surface area contributed by atoms with Crippen LogP contribution in [0.15, 0.2) is 0 Å². The monoisotopic (exact) mass is 168 g/mol. The summed E-state index contributed by atoms with van der Waals surface area (Å²) in [4.78, 5) is 19.6. The summed E-state index contributed by atoms with van der Waals surface area (Å²) in [5, 5.41) is 16.1. The normalized spacial score (nSPS) is 8.00. The molecule has 5 heteroatoms. The third-order valence-electron chi connectivity index (χ3n) is 0.781. The first-order valence-electron chi connectivity index (χ1n) is 2.56. The van der Waals surface area contributed by atoms with Gasteiger partial charge in [0, 0.05) is 12.8 Å². The van der Waals surface area contributed by atoms with E-state index in [1.54, 1.807) is 0 Å². The number of carbonyl (C=O) groups is 2. The minimum absolute atomic E-state index is 0. The summed E-state index contributed by atoms with van der Waals surface area (Å²) in [6.07, 6.45) is 0.0866. The zero-order chi connectivity index (χ0) is 7.28. The molecule has 10 heavy (non-hydrogen) atoms. The van der Waals surface area contributed by atoms with Crippen molar-refractivity contribution in [1.82, 2.24) is 0 Å². The molecular formula is C5H9ClO4. The van der Waals surface area contributed by atoms with E-state index in [0.717, 1.165) is 0 Å². The van der Waals surface area contributed by atoms with E-state index in [9.17, 15) is 9.59 Å². The SMILES string of the molecule is Cl.O=C(O)CCCC(=O)O. The summed E-state index contributed by atoms with van der Waals surface area (Å²) >= 11 is 0. The molecule has 2 N–H and O–H groups in total. The van der Waals surface area contributed by atoms with Crippen LogP contribution in [0, 0.1) is 0 Å². The molecule has 0 rings (SSSR count). The average molecular weight is 169 g/mol. The molecule has 0 aromatic carbocycles. The van der Waals surface area contributed by atoms with Gasteiger partial charge in [-0.3, -0.25) is 9.59 Å². The van der Waals surface area contributed by atoms with Gasteiger partial charge in [0.15, 0.2) is 0 Å². The van der Waals surface area contributed by atoms with Crippen LogP contribution in [0.25, 0.3) is 0 Å². The molecule has 0 saturated carbocycles. The van der Waals surface area contributed by atoms with Gasteiger partial charge in [-0.25, -0.2) is 0 Å². The molecule has 0 heterocycles. The number of rotatable bonds is 4. The van der Waals surface area contributed by atoms with Gasteiger partial charge in [0.1, 0.15) is 0 Å². The van der Waals surface area contributed by atoms with E-state index in [0.29, 0.717) is 0 Å². The van der Waals surface area contributed by atoms with Crippen LogP contribution in [0.4, 0.5) is 0 Å². The van der Waals surface area contributed by atoms with Crippen molar-refractivity contribution in [3.05, 3.63) is 0 Å². The molecule has 0 aliphatic carbocycles. The van der Waals surface area contributed by atoms with E-state index in [1.807, 2.05) is 0 Å². The number of halogens is 1. The third-order valence-corrected chi connectivity index (χ3v) is 0.781. The molecule has 0 unspecified atom stereocenters. The molecule has 0 amide bonds. The molecule has 0 fully saturated rings. The van der Waals surface area contributed by atoms with Crippen molar-refractivity contribution in [2.75, 3.05) is 0 Å². The summed E-state index contributed by atoms with van der Waals surface area (Å²) in [6.45, 7) is 0. The van der Waals surface area contributed by atoms with Crippen LogP contribution >= 0.6 is 12.4 Å². The zero-order valence-corrected chi connectivity index (χ0v) is 6.06. The Bertz CT molecular complexity index is 109. The summed E-state index contributed by atoms with van der Waals surface area (Å²) in [6, 6.07) is 0. The Hall–Kier alpha value is -0.770. The fourth-order valence-corrected chi connectivity index (χ4v) is 0.391. The van der Waals surface area contributed by atoms with E-state index in [1.165, 1.54) is 0 Å². The fraction of sp³-hybridized carbons (Fsp3) is 0.600. The highest BCUT2D eigenvalue weighted by atomic mass is 35.5. The standard InChI is InChI=1S/C5H8O4.ClH/c6-4(7)2-1-3-5(8)9;/h1-3H2,(H,6,7)(H,8,9);1H. The molecule has 0 aromatic heterocycles. The van der Waals surface area contributed by atoms with Gasteiger partial charge in [-0.2, -0.15) is 0 Å². The van der Waals surface area contributed by atoms with Gasteiger partial charge in [0.2, 0.25) is 0 Å². The minimum Gasteiger partial charge on any atom is -0.481 e. The Labute approximate surface area is 64.3 Å². The smallest absolute Gasteiger partial charge is 0.303 e. The van der Waals surface area contributed by atoms with E-state index in [-0.39, 0.29) is 31.7 Å². The van der Waals surface area contributed by atoms with Crippen molar-refractivity contribution in [2.45, 2.75) is 19.3 Å². The zero-order valence-electron chi connectivity index (χ0n) is 5.24. The second kappa shape index (κ2) is 6.35. The maximum absolute atomic E-state index is 9.79. The van der Waals surface area contributed by atoms with Crippen LogP contribution in [0.2, 0.25) is 0 Å². The Morgan fingerprint density at radius 2 is 1.30 bits per heavy atom. The van der Waals surface area contributed by atoms with Crippen molar-refractivity contribution in [3.63, 3.8) is 0 Å². The summed E-state index contributed by atoms with van der Waals surface area (Å²) in [5.41, 5.74) is 0. The van der Waals surface area contributed by atoms with Crippen LogP contribution < -0.4 is 0 Å². The predicted molar refractivity (Wildman–Crippen MR) is 36.4 cm³/mol. The number of carboxylic acids is 2. The van der Waals surface area contributed by atoms with Gasteiger partial charge in [-0.05, 0) is 6.42 Å². The second-order valence-electron chi connectivity index (χ2n) is 1.64. The highest BCUT2D eigenvalue weighted by molar-refractivity contribution is 5.85. The quantitative estimate of drug-likeness (QED) is 0.650. The molecule has 4 nitrogen and oxygen atoms in total. The van der Waals surface area contributed by atoms with Gasteiger partial charge in [-0.15, -0.1) is 12.4 Å². The molecule has 0 saturated heterocycles. The minimum atomic E-state index is -0.948. The van der Waals surface area contributed by atoms with Gasteiger partial charge in [-0.1, -0.05) is 0 Å². The van der Waals surface area contributed by atoms with Crippen molar-refractivity contribution < 1.29 is 19.8 Å². The van der Waals surface area contributed by atoms with Crippen molar-refractivity contribution in [3.8, 4) is 0 Å². The lowest BCUT2D eigenvalue weighted by Gasteiger charge is -1.89. The summed E-state index contributed by atoms with van der Waals surface area (Å²) < 4.78 is 0. The number of aliphatic carboxylic acids is 2. The maximum Gasteiger partial charge on any atom is 0.303 e. The fourth-order valence-electron chi connectivity index (χ4n) is 0.391. The van der Waals surface area contributed by atoms with Crippen LogP contribution in [0.5, 0.6) is 0 Å². The van der Waals surface area contributed by atoms with E-state index >= 15 is 0 Å². The number of hydrogen-bond acceptors (Lipinski definition) is 2. The molecule has 0 bridgehead atoms. The first-order chi connectivity index (χ1) is 4.13. The molecule has 0 spiro atoms. The lowest BCUT2D eigenvalue weighted by Crippen LogP contribution is -1.98. The molecule has 60 valence electrons. The first-order valence-corrected chi connectivity index (χ1v) is 2.56. The molecule has 0 radical (unpaired) electrons. The summed E-state index contributed by atoms with van der Waals surface area (Å²) in [7, 11) is 0. The Morgan fingerprint density at radius 1 is 1.00 bits per heavy atom. The average Bonchev–Trinajstić information content (AvgIpc) is 1.63. The van der Waals surface area contributed by atoms with Crippen LogP contribution in [0.3, 0.4) is 0 Å². The molecule has 0 atom stereocenters. The number of carboxylic acid groups (broad SMARTS) is 2. The van der Waals surface area contributed by atoms with Crippen molar-refractivity contribution in [2.24, 2.45) is 0 Å². The van der Waals surface area contributed by atoms with E-state index in [4.69, 9.17) is 10.2 Å². The van der Waals surface area contributed by atoms with Crippen molar-refractivity contribution >= 4 is 24.3 Å². The second-order valence-corrected chi connectivity index (χ2v) is 1.64. The van der Waals surface area contributed by atoms with Crippen LogP contribution in [-0.2, 0) is 9.59 Å². The van der Waals surface area contributed by atoms with Gasteiger partial charge in [0.05, 0.1) is 0 Å². The van der Waals surface area contributed by atoms with Gasteiger partial charge >= 0.3 is 11.9 Å². The van der Waals surface area contributed by atoms with E-state index in [2.05, 4.69) is 0 Å². The van der Waals surface area contributed by atoms with E-state index < -0.39 is 11.9 Å². The highest BCUT2D eigenvalue weighted by Crippen LogP contribution is 1.93. The third kappa shape index (κ3) is 10.3. The predicted octanol–water partition coefficient (Wildman–Crippen LogP) is 0.748. The lowest BCUT2D eigenvalue weighted by atomic mass is 10.2. The Balaban J connectivity index is 0. The molecular weight excluding hydrogens is 160 g/mol. The molecule has 0 aliphatic rings. The van der Waals surface area contributed by atoms with Gasteiger partial charge < -0.3 is 10.2 Å². The Morgan fingerprint density at radius 3 is 1.50 bits per heavy atom. The largest absolute Gasteiger partial charge is 0.481 e. The first kappa shape index (κ1) is 12.0. The highest BCUT2D eigenvalue weighted by Gasteiger charge is 1.99. The van der Waals surface area contributed by atoms with Crippen molar-refractivity contribution in [1.29, 1.82) is 0 Å². The maximum atomic E-state index is 9.79. The summed E-state index contributed by atoms with van der Waals surface area (Å²) in [5.74, 6) is -1.90. The Kier molecular flexibility index (Phi) is 7.60. The number of hydrogen-bond donors (Lipinski definition) is 2. The van der Waals surface area contributed by atoms with Gasteiger partial charge in [0.25, 0.3) is 0 Å². The van der Waals surface area contributed by atoms with Crippen LogP contribution in [0.1, 0.15) is 19.3 Å². The van der Waals surface area contributed by atoms with Crippen LogP contribution in [-0.4, -0.2) is 22.2 Å². The molecule has 0 aliphatic heterocycles.